The van der Waals surface area contributed by atoms with Crippen LogP contribution in [-0.4, -0.2) is 29.8 Å². The largest absolute Gasteiger partial charge is 0.371 e. The molecule has 0 aliphatic carbocycles. The van der Waals surface area contributed by atoms with Gasteiger partial charge in [0.1, 0.15) is 5.69 Å². The van der Waals surface area contributed by atoms with Crippen molar-refractivity contribution in [3.63, 3.8) is 0 Å². The van der Waals surface area contributed by atoms with Crippen molar-refractivity contribution in [3.05, 3.63) is 76.8 Å². The van der Waals surface area contributed by atoms with E-state index in [1.54, 1.807) is 0 Å². The van der Waals surface area contributed by atoms with E-state index >= 15 is 0 Å². The van der Waals surface area contributed by atoms with Gasteiger partial charge in [0.15, 0.2) is 0 Å². The zero-order chi connectivity index (χ0) is 20.6. The standard InChI is InChI=1S/C26H26N4S/c1-2-4-22(5-3-1)30-13-9-18(10-14-30)25-26-23(11-15-31-26)24(28-29-25)20-6-7-21-17-27-12-8-19(21)16-20/h1-7,11,15-16,18,27H,8-10,12-14,17H2. The van der Waals surface area contributed by atoms with Crippen molar-refractivity contribution < 1.29 is 0 Å². The van der Waals surface area contributed by atoms with Gasteiger partial charge in [-0.3, -0.25) is 0 Å². The zero-order valence-electron chi connectivity index (χ0n) is 17.6. The van der Waals surface area contributed by atoms with Crippen LogP contribution in [0.25, 0.3) is 21.3 Å². The number of aromatic nitrogens is 2. The number of nitrogens with one attached hydrogen (secondary N) is 1. The Morgan fingerprint density at radius 1 is 0.935 bits per heavy atom. The molecular weight excluding hydrogens is 400 g/mol. The molecule has 0 amide bonds. The topological polar surface area (TPSA) is 41.1 Å². The minimum Gasteiger partial charge on any atom is -0.371 e. The Kier molecular flexibility index (Phi) is 4.93. The van der Waals surface area contributed by atoms with Crippen molar-refractivity contribution in [2.75, 3.05) is 24.5 Å². The first-order valence-electron chi connectivity index (χ1n) is 11.2. The minimum absolute atomic E-state index is 0.484. The molecule has 31 heavy (non-hydrogen) atoms. The van der Waals surface area contributed by atoms with Gasteiger partial charge in [0, 0.05) is 42.2 Å². The van der Waals surface area contributed by atoms with Gasteiger partial charge in [0.2, 0.25) is 0 Å². The Balaban J connectivity index is 1.29. The average Bonchev–Trinajstić information content (AvgIpc) is 3.34. The molecule has 156 valence electrons. The summed E-state index contributed by atoms with van der Waals surface area (Å²) in [6, 6.07) is 19.8. The van der Waals surface area contributed by atoms with Gasteiger partial charge in [-0.15, -0.1) is 16.4 Å². The van der Waals surface area contributed by atoms with E-state index in [-0.39, 0.29) is 0 Å². The molecule has 0 atom stereocenters. The van der Waals surface area contributed by atoms with Crippen molar-refractivity contribution in [1.82, 2.24) is 15.5 Å². The summed E-state index contributed by atoms with van der Waals surface area (Å²) in [6.07, 6.45) is 3.34. The summed E-state index contributed by atoms with van der Waals surface area (Å²) in [4.78, 5) is 2.49. The van der Waals surface area contributed by atoms with Crippen molar-refractivity contribution in [2.45, 2.75) is 31.7 Å². The summed E-state index contributed by atoms with van der Waals surface area (Å²) in [5.41, 5.74) is 7.60. The average molecular weight is 427 g/mol. The van der Waals surface area contributed by atoms with Crippen LogP contribution >= 0.6 is 11.3 Å². The molecule has 2 aromatic heterocycles. The number of hydrogen-bond donors (Lipinski definition) is 1. The highest BCUT2D eigenvalue weighted by atomic mass is 32.1. The normalized spacial score (nSPS) is 17.1. The van der Waals surface area contributed by atoms with Crippen LogP contribution in [-0.2, 0) is 13.0 Å². The maximum absolute atomic E-state index is 4.82. The van der Waals surface area contributed by atoms with Crippen LogP contribution in [0, 0.1) is 0 Å². The summed E-state index contributed by atoms with van der Waals surface area (Å²) >= 11 is 1.82. The fraction of sp³-hybridized carbons (Fsp3) is 0.308. The van der Waals surface area contributed by atoms with E-state index in [0.29, 0.717) is 5.92 Å². The summed E-state index contributed by atoms with van der Waals surface area (Å²) < 4.78 is 1.32. The third-order valence-corrected chi connectivity index (χ3v) is 7.72. The van der Waals surface area contributed by atoms with Crippen molar-refractivity contribution in [1.29, 1.82) is 0 Å². The molecule has 2 aliphatic heterocycles. The van der Waals surface area contributed by atoms with Crippen molar-refractivity contribution in [3.8, 4) is 11.3 Å². The maximum atomic E-state index is 4.82. The van der Waals surface area contributed by atoms with Crippen LogP contribution in [0.1, 0.15) is 35.6 Å². The molecule has 1 saturated heterocycles. The molecule has 0 saturated carbocycles. The molecule has 6 rings (SSSR count). The van der Waals surface area contributed by atoms with Gasteiger partial charge in [-0.05, 0) is 66.6 Å². The molecule has 0 unspecified atom stereocenters. The molecular formula is C26H26N4S. The molecule has 2 aliphatic rings. The minimum atomic E-state index is 0.484. The Hall–Kier alpha value is -2.76. The van der Waals surface area contributed by atoms with Crippen molar-refractivity contribution >= 4 is 27.1 Å². The van der Waals surface area contributed by atoms with Crippen LogP contribution in [0.3, 0.4) is 0 Å². The van der Waals surface area contributed by atoms with E-state index in [1.165, 1.54) is 38.2 Å². The lowest BCUT2D eigenvalue weighted by Gasteiger charge is -2.33. The highest BCUT2D eigenvalue weighted by Crippen LogP contribution is 2.38. The number of nitrogens with zero attached hydrogens (tertiary/aromatic N) is 3. The van der Waals surface area contributed by atoms with E-state index in [4.69, 9.17) is 10.2 Å². The number of thiophene rings is 1. The van der Waals surface area contributed by atoms with Gasteiger partial charge in [-0.25, -0.2) is 0 Å². The Labute approximate surface area is 186 Å². The van der Waals surface area contributed by atoms with E-state index in [2.05, 4.69) is 70.2 Å². The highest BCUT2D eigenvalue weighted by molar-refractivity contribution is 7.17. The van der Waals surface area contributed by atoms with Gasteiger partial charge in [0.25, 0.3) is 0 Å². The predicted octanol–water partition coefficient (Wildman–Crippen LogP) is 5.39. The molecule has 0 bridgehead atoms. The molecule has 4 nitrogen and oxygen atoms in total. The molecule has 2 aromatic carbocycles. The smallest absolute Gasteiger partial charge is 0.102 e. The van der Waals surface area contributed by atoms with Gasteiger partial charge in [0.05, 0.1) is 10.4 Å². The number of rotatable bonds is 3. The molecule has 1 N–H and O–H groups in total. The highest BCUT2D eigenvalue weighted by Gasteiger charge is 2.25. The number of fused-ring (bicyclic) bond motifs is 2. The first kappa shape index (κ1) is 19.0. The first-order chi connectivity index (χ1) is 15.4. The second-order valence-corrected chi connectivity index (χ2v) is 9.52. The summed E-state index contributed by atoms with van der Waals surface area (Å²) in [5.74, 6) is 0.484. The van der Waals surface area contributed by atoms with E-state index < -0.39 is 0 Å². The Morgan fingerprint density at radius 2 is 1.81 bits per heavy atom. The Morgan fingerprint density at radius 3 is 2.68 bits per heavy atom. The molecule has 0 spiro atoms. The summed E-state index contributed by atoms with van der Waals surface area (Å²) in [6.45, 7) is 4.17. The second-order valence-electron chi connectivity index (χ2n) is 8.60. The van der Waals surface area contributed by atoms with Gasteiger partial charge in [-0.2, -0.15) is 5.10 Å². The molecule has 0 radical (unpaired) electrons. The predicted molar refractivity (Wildman–Crippen MR) is 129 cm³/mol. The SMILES string of the molecule is c1ccc(N2CCC(c3nnc(-c4ccc5c(c4)CCNC5)c4ccsc34)CC2)cc1. The van der Waals surface area contributed by atoms with Crippen LogP contribution in [0.2, 0.25) is 0 Å². The lowest BCUT2D eigenvalue weighted by molar-refractivity contribution is 0.496. The van der Waals surface area contributed by atoms with Gasteiger partial charge >= 0.3 is 0 Å². The quantitative estimate of drug-likeness (QED) is 0.477. The molecule has 5 heteroatoms. The zero-order valence-corrected chi connectivity index (χ0v) is 18.4. The fourth-order valence-electron chi connectivity index (χ4n) is 5.05. The third kappa shape index (κ3) is 3.52. The van der Waals surface area contributed by atoms with Crippen LogP contribution in [0.15, 0.2) is 60.0 Å². The number of anilines is 1. The van der Waals surface area contributed by atoms with Gasteiger partial charge < -0.3 is 10.2 Å². The fourth-order valence-corrected chi connectivity index (χ4v) is 6.01. The lowest BCUT2D eigenvalue weighted by Crippen LogP contribution is -2.33. The van der Waals surface area contributed by atoms with Crippen LogP contribution in [0.5, 0.6) is 0 Å². The van der Waals surface area contributed by atoms with Crippen LogP contribution in [0.4, 0.5) is 5.69 Å². The molecule has 1 fully saturated rings. The van der Waals surface area contributed by atoms with E-state index in [0.717, 1.165) is 51.1 Å². The number of para-hydroxylation sites is 1. The maximum Gasteiger partial charge on any atom is 0.102 e. The van der Waals surface area contributed by atoms with Gasteiger partial charge in [-0.1, -0.05) is 30.3 Å². The number of piperidine rings is 1. The number of hydrogen-bond acceptors (Lipinski definition) is 5. The molecule has 4 heterocycles. The summed E-state index contributed by atoms with van der Waals surface area (Å²) in [5, 5.41) is 16.5. The van der Waals surface area contributed by atoms with Crippen LogP contribution < -0.4 is 10.2 Å². The summed E-state index contributed by atoms with van der Waals surface area (Å²) in [7, 11) is 0. The van der Waals surface area contributed by atoms with Crippen molar-refractivity contribution in [2.24, 2.45) is 0 Å². The number of benzene rings is 2. The molecule has 4 aromatic rings. The van der Waals surface area contributed by atoms with E-state index in [9.17, 15) is 0 Å². The Bertz CT molecular complexity index is 1210. The second kappa shape index (κ2) is 8.06. The lowest BCUT2D eigenvalue weighted by atomic mass is 9.91. The third-order valence-electron chi connectivity index (χ3n) is 6.78. The monoisotopic (exact) mass is 426 g/mol. The first-order valence-corrected chi connectivity index (χ1v) is 12.1. The van der Waals surface area contributed by atoms with E-state index in [1.807, 2.05) is 11.3 Å².